The van der Waals surface area contributed by atoms with Gasteiger partial charge < -0.3 is 9.64 Å². The molecule has 2 saturated heterocycles. The third-order valence-electron chi connectivity index (χ3n) is 2.94. The van der Waals surface area contributed by atoms with Crippen molar-refractivity contribution < 1.29 is 9.53 Å². The smallest absolute Gasteiger partial charge is 0.410 e. The van der Waals surface area contributed by atoms with Crippen LogP contribution in [-0.4, -0.2) is 54.2 Å². The van der Waals surface area contributed by atoms with Gasteiger partial charge in [-0.3, -0.25) is 4.90 Å². The molecule has 1 atom stereocenters. The molecular formula is C10H18N2O2. The van der Waals surface area contributed by atoms with Crippen molar-refractivity contribution in [3.05, 3.63) is 0 Å². The summed E-state index contributed by atoms with van der Waals surface area (Å²) < 4.78 is 5.29. The number of hydrogen-bond acceptors (Lipinski definition) is 3. The second kappa shape index (κ2) is 3.77. The Morgan fingerprint density at radius 1 is 1.50 bits per heavy atom. The normalized spacial score (nSPS) is 28.1. The number of carbonyl (C=O) groups excluding carboxylic acids is 1. The third kappa shape index (κ3) is 1.85. The molecule has 80 valence electrons. The molecule has 2 aliphatic heterocycles. The molecule has 0 radical (unpaired) electrons. The maximum atomic E-state index is 11.4. The van der Waals surface area contributed by atoms with E-state index in [9.17, 15) is 4.79 Å². The summed E-state index contributed by atoms with van der Waals surface area (Å²) in [6, 6.07) is 0.254. The first-order chi connectivity index (χ1) is 6.66. The predicted molar refractivity (Wildman–Crippen MR) is 53.2 cm³/mol. The average molecular weight is 198 g/mol. The predicted octanol–water partition coefficient (Wildman–Crippen LogP) is 0.921. The molecule has 2 fully saturated rings. The number of nitrogens with zero attached hydrogens (tertiary/aromatic N) is 2. The van der Waals surface area contributed by atoms with Crippen LogP contribution in [0.4, 0.5) is 4.79 Å². The van der Waals surface area contributed by atoms with Crippen molar-refractivity contribution >= 4 is 6.09 Å². The van der Waals surface area contributed by atoms with E-state index in [2.05, 4.69) is 4.90 Å². The Bertz CT molecular complexity index is 226. The first-order valence-corrected chi connectivity index (χ1v) is 5.36. The summed E-state index contributed by atoms with van der Waals surface area (Å²) in [5.41, 5.74) is 0. The van der Waals surface area contributed by atoms with Crippen molar-refractivity contribution in [2.75, 3.05) is 26.2 Å². The van der Waals surface area contributed by atoms with E-state index in [0.717, 1.165) is 26.2 Å². The van der Waals surface area contributed by atoms with E-state index < -0.39 is 0 Å². The topological polar surface area (TPSA) is 32.8 Å². The highest BCUT2D eigenvalue weighted by atomic mass is 16.6. The summed E-state index contributed by atoms with van der Waals surface area (Å²) >= 11 is 0. The van der Waals surface area contributed by atoms with Crippen molar-refractivity contribution in [1.29, 1.82) is 0 Å². The van der Waals surface area contributed by atoms with Crippen LogP contribution in [-0.2, 0) is 4.74 Å². The quantitative estimate of drug-likeness (QED) is 0.676. The molecule has 2 aliphatic rings. The highest BCUT2D eigenvalue weighted by Crippen LogP contribution is 2.17. The zero-order chi connectivity index (χ0) is 10.1. The maximum absolute atomic E-state index is 11.4. The van der Waals surface area contributed by atoms with E-state index in [0.29, 0.717) is 0 Å². The lowest BCUT2D eigenvalue weighted by molar-refractivity contribution is 0.0824. The highest BCUT2D eigenvalue weighted by Gasteiger charge is 2.34. The molecule has 4 heteroatoms. The van der Waals surface area contributed by atoms with Crippen molar-refractivity contribution in [3.8, 4) is 0 Å². The van der Waals surface area contributed by atoms with Crippen molar-refractivity contribution in [3.63, 3.8) is 0 Å². The average Bonchev–Trinajstić information content (AvgIpc) is 2.39. The largest absolute Gasteiger partial charge is 0.443 e. The Kier molecular flexibility index (Phi) is 2.63. The number of hydrogen-bond donors (Lipinski definition) is 0. The zero-order valence-electron chi connectivity index (χ0n) is 8.90. The van der Waals surface area contributed by atoms with Crippen LogP contribution in [0.2, 0.25) is 0 Å². The van der Waals surface area contributed by atoms with E-state index in [1.807, 2.05) is 13.8 Å². The van der Waals surface area contributed by atoms with Gasteiger partial charge in [-0.25, -0.2) is 4.79 Å². The Hall–Kier alpha value is -0.770. The van der Waals surface area contributed by atoms with Crippen LogP contribution >= 0.6 is 0 Å². The maximum Gasteiger partial charge on any atom is 0.410 e. The minimum absolute atomic E-state index is 0.0881. The van der Waals surface area contributed by atoms with E-state index in [4.69, 9.17) is 4.74 Å². The number of likely N-dealkylation sites (tertiary alicyclic amines) is 1. The Labute approximate surface area is 84.8 Å². The second-order valence-electron chi connectivity index (χ2n) is 4.41. The van der Waals surface area contributed by atoms with Crippen LogP contribution in [0.25, 0.3) is 0 Å². The van der Waals surface area contributed by atoms with Gasteiger partial charge in [0.25, 0.3) is 0 Å². The monoisotopic (exact) mass is 198 g/mol. The van der Waals surface area contributed by atoms with Gasteiger partial charge in [0.05, 0.1) is 6.54 Å². The lowest BCUT2D eigenvalue weighted by Crippen LogP contribution is -2.43. The van der Waals surface area contributed by atoms with E-state index in [1.54, 1.807) is 4.90 Å². The molecule has 14 heavy (non-hydrogen) atoms. The SMILES string of the molecule is CC(C)N1CC(CN2CCC2)OC1=O. The molecule has 4 nitrogen and oxygen atoms in total. The summed E-state index contributed by atoms with van der Waals surface area (Å²) in [7, 11) is 0. The van der Waals surface area contributed by atoms with Gasteiger partial charge in [0.2, 0.25) is 0 Å². The van der Waals surface area contributed by atoms with Gasteiger partial charge in [0.1, 0.15) is 6.10 Å². The molecule has 0 aliphatic carbocycles. The van der Waals surface area contributed by atoms with Crippen LogP contribution in [0.15, 0.2) is 0 Å². The van der Waals surface area contributed by atoms with Gasteiger partial charge >= 0.3 is 6.09 Å². The minimum atomic E-state index is -0.148. The van der Waals surface area contributed by atoms with E-state index in [1.165, 1.54) is 6.42 Å². The lowest BCUT2D eigenvalue weighted by atomic mass is 10.2. The molecule has 0 aromatic heterocycles. The van der Waals surface area contributed by atoms with Crippen LogP contribution < -0.4 is 0 Å². The number of cyclic esters (lactones) is 1. The standard InChI is InChI=1S/C10H18N2O2/c1-8(2)12-7-9(14-10(12)13)6-11-4-3-5-11/h8-9H,3-7H2,1-2H3. The molecule has 0 spiro atoms. The number of amides is 1. The molecule has 1 amide bonds. The first-order valence-electron chi connectivity index (χ1n) is 5.36. The minimum Gasteiger partial charge on any atom is -0.443 e. The van der Waals surface area contributed by atoms with Gasteiger partial charge in [-0.2, -0.15) is 0 Å². The van der Waals surface area contributed by atoms with Crippen LogP contribution in [0.5, 0.6) is 0 Å². The Morgan fingerprint density at radius 2 is 2.21 bits per heavy atom. The number of ether oxygens (including phenoxy) is 1. The van der Waals surface area contributed by atoms with Crippen molar-refractivity contribution in [2.45, 2.75) is 32.4 Å². The molecular weight excluding hydrogens is 180 g/mol. The van der Waals surface area contributed by atoms with E-state index >= 15 is 0 Å². The summed E-state index contributed by atoms with van der Waals surface area (Å²) in [5, 5.41) is 0. The van der Waals surface area contributed by atoms with Crippen molar-refractivity contribution in [1.82, 2.24) is 9.80 Å². The number of rotatable bonds is 3. The summed E-state index contributed by atoms with van der Waals surface area (Å²) in [5.74, 6) is 0. The summed E-state index contributed by atoms with van der Waals surface area (Å²) in [6.45, 7) is 8.04. The fraction of sp³-hybridized carbons (Fsp3) is 0.900. The molecule has 2 heterocycles. The van der Waals surface area contributed by atoms with Crippen LogP contribution in [0.1, 0.15) is 20.3 Å². The molecule has 0 N–H and O–H groups in total. The Balaban J connectivity index is 1.82. The molecule has 0 aromatic carbocycles. The van der Waals surface area contributed by atoms with Crippen molar-refractivity contribution in [2.24, 2.45) is 0 Å². The molecule has 0 aromatic rings. The van der Waals surface area contributed by atoms with Gasteiger partial charge in [0.15, 0.2) is 0 Å². The fourth-order valence-electron chi connectivity index (χ4n) is 1.91. The van der Waals surface area contributed by atoms with E-state index in [-0.39, 0.29) is 18.2 Å². The summed E-state index contributed by atoms with van der Waals surface area (Å²) in [4.78, 5) is 15.5. The second-order valence-corrected chi connectivity index (χ2v) is 4.41. The zero-order valence-corrected chi connectivity index (χ0v) is 8.90. The highest BCUT2D eigenvalue weighted by molar-refractivity contribution is 5.70. The van der Waals surface area contributed by atoms with Gasteiger partial charge in [-0.15, -0.1) is 0 Å². The van der Waals surface area contributed by atoms with Gasteiger partial charge in [-0.1, -0.05) is 0 Å². The molecule has 1 unspecified atom stereocenters. The molecule has 2 rings (SSSR count). The van der Waals surface area contributed by atoms with Gasteiger partial charge in [-0.05, 0) is 33.4 Å². The lowest BCUT2D eigenvalue weighted by Gasteiger charge is -2.32. The first kappa shape index (κ1) is 9.77. The number of carbonyl (C=O) groups is 1. The molecule has 0 bridgehead atoms. The van der Waals surface area contributed by atoms with Crippen LogP contribution in [0, 0.1) is 0 Å². The fourth-order valence-corrected chi connectivity index (χ4v) is 1.91. The molecule has 0 saturated carbocycles. The Morgan fingerprint density at radius 3 is 2.64 bits per heavy atom. The van der Waals surface area contributed by atoms with Gasteiger partial charge in [0, 0.05) is 12.6 Å². The van der Waals surface area contributed by atoms with Crippen LogP contribution in [0.3, 0.4) is 0 Å². The summed E-state index contributed by atoms with van der Waals surface area (Å²) in [6.07, 6.45) is 1.23. The third-order valence-corrected chi connectivity index (χ3v) is 2.94.